The van der Waals surface area contributed by atoms with Crippen molar-refractivity contribution in [2.24, 2.45) is 22.7 Å². The van der Waals surface area contributed by atoms with Gasteiger partial charge in [0.25, 0.3) is 0 Å². The summed E-state index contributed by atoms with van der Waals surface area (Å²) in [5, 5.41) is 0. The molecule has 0 saturated heterocycles. The van der Waals surface area contributed by atoms with E-state index >= 15 is 0 Å². The molecule has 2 saturated carbocycles. The Morgan fingerprint density at radius 1 is 0.870 bits per heavy atom. The Balaban J connectivity index is 1.80. The molecule has 6 aliphatic rings. The molecule has 0 unspecified atom stereocenters. The van der Waals surface area contributed by atoms with Crippen molar-refractivity contribution >= 4 is 6.29 Å². The van der Waals surface area contributed by atoms with E-state index in [1.54, 1.807) is 16.7 Å². The third kappa shape index (κ3) is 1.40. The van der Waals surface area contributed by atoms with Crippen LogP contribution in [0.3, 0.4) is 0 Å². The molecule has 23 heavy (non-hydrogen) atoms. The fourth-order valence-corrected chi connectivity index (χ4v) is 6.79. The molecule has 6 aliphatic carbocycles. The van der Waals surface area contributed by atoms with Crippen LogP contribution in [0.25, 0.3) is 0 Å². The molecule has 0 amide bonds. The first-order valence-corrected chi connectivity index (χ1v) is 9.41. The Morgan fingerprint density at radius 2 is 1.30 bits per heavy atom. The molecule has 1 heteroatoms. The lowest BCUT2D eigenvalue weighted by atomic mass is 9.43. The molecule has 4 atom stereocenters. The molecule has 122 valence electrons. The molecule has 7 rings (SSSR count). The quantitative estimate of drug-likeness (QED) is 0.653. The van der Waals surface area contributed by atoms with Crippen LogP contribution in [0.1, 0.15) is 90.5 Å². The van der Waals surface area contributed by atoms with Gasteiger partial charge in [0, 0.05) is 5.56 Å². The third-order valence-corrected chi connectivity index (χ3v) is 8.77. The van der Waals surface area contributed by atoms with Gasteiger partial charge < -0.3 is 0 Å². The lowest BCUT2D eigenvalue weighted by Crippen LogP contribution is -2.51. The van der Waals surface area contributed by atoms with Crippen molar-refractivity contribution in [1.82, 2.24) is 0 Å². The predicted octanol–water partition coefficient (Wildman–Crippen LogP) is 5.18. The molecule has 1 nitrogen and oxygen atoms in total. The van der Waals surface area contributed by atoms with Crippen LogP contribution >= 0.6 is 0 Å². The van der Waals surface area contributed by atoms with Crippen LogP contribution in [-0.4, -0.2) is 6.29 Å². The fraction of sp³-hybridized carbons (Fsp3) is 0.682. The Hall–Kier alpha value is -1.11. The van der Waals surface area contributed by atoms with Crippen LogP contribution in [0.2, 0.25) is 0 Å². The second-order valence-corrected chi connectivity index (χ2v) is 9.96. The first kappa shape index (κ1) is 14.3. The number of carbonyl (C=O) groups excluding carboxylic acids is 1. The third-order valence-electron chi connectivity index (χ3n) is 8.77. The second-order valence-electron chi connectivity index (χ2n) is 9.96. The maximum atomic E-state index is 12.0. The summed E-state index contributed by atoms with van der Waals surface area (Å²) >= 11 is 0. The molecular weight excluding hydrogens is 280 g/mol. The summed E-state index contributed by atoms with van der Waals surface area (Å²) in [6.07, 6.45) is 6.16. The maximum absolute atomic E-state index is 12.0. The summed E-state index contributed by atoms with van der Waals surface area (Å²) in [6, 6.07) is 0. The average Bonchev–Trinajstić information content (AvgIpc) is 2.53. The van der Waals surface area contributed by atoms with Crippen LogP contribution in [0.15, 0.2) is 0 Å². The van der Waals surface area contributed by atoms with E-state index in [9.17, 15) is 4.79 Å². The summed E-state index contributed by atoms with van der Waals surface area (Å²) in [4.78, 5) is 12.0. The second kappa shape index (κ2) is 3.92. The van der Waals surface area contributed by atoms with E-state index in [1.807, 2.05) is 0 Å². The van der Waals surface area contributed by atoms with Crippen molar-refractivity contribution in [3.05, 3.63) is 33.4 Å². The van der Waals surface area contributed by atoms with Gasteiger partial charge in [0.2, 0.25) is 0 Å². The van der Waals surface area contributed by atoms with E-state index < -0.39 is 0 Å². The van der Waals surface area contributed by atoms with Crippen molar-refractivity contribution < 1.29 is 4.79 Å². The van der Waals surface area contributed by atoms with Crippen LogP contribution in [0, 0.1) is 29.6 Å². The summed E-state index contributed by atoms with van der Waals surface area (Å²) < 4.78 is 0. The Morgan fingerprint density at radius 3 is 1.65 bits per heavy atom. The van der Waals surface area contributed by atoms with Gasteiger partial charge in [0.05, 0.1) is 0 Å². The van der Waals surface area contributed by atoms with Gasteiger partial charge in [-0.25, -0.2) is 0 Å². The minimum atomic E-state index is 0.429. The molecule has 1 aromatic carbocycles. The van der Waals surface area contributed by atoms with Gasteiger partial charge in [-0.05, 0) is 94.9 Å². The Kier molecular flexibility index (Phi) is 2.43. The molecular formula is C22H28O. The fourth-order valence-electron chi connectivity index (χ4n) is 6.79. The van der Waals surface area contributed by atoms with Gasteiger partial charge in [-0.15, -0.1) is 0 Å². The summed E-state index contributed by atoms with van der Waals surface area (Å²) in [6.45, 7) is 12.1. The normalized spacial score (nSPS) is 37.1. The number of hydrogen-bond acceptors (Lipinski definition) is 1. The van der Waals surface area contributed by atoms with Crippen molar-refractivity contribution in [1.29, 1.82) is 0 Å². The van der Waals surface area contributed by atoms with Gasteiger partial charge in [-0.1, -0.05) is 27.7 Å². The summed E-state index contributed by atoms with van der Waals surface area (Å²) in [5.74, 6) is 2.93. The van der Waals surface area contributed by atoms with Gasteiger partial charge >= 0.3 is 0 Å². The molecule has 0 N–H and O–H groups in total. The minimum absolute atomic E-state index is 0.429. The molecule has 1 aromatic rings. The highest BCUT2D eigenvalue weighted by molar-refractivity contribution is 5.84. The van der Waals surface area contributed by atoms with Crippen LogP contribution in [0.4, 0.5) is 0 Å². The molecule has 0 aromatic heterocycles. The van der Waals surface area contributed by atoms with Gasteiger partial charge in [0.1, 0.15) is 0 Å². The lowest BCUT2D eigenvalue weighted by Gasteiger charge is -2.61. The number of carbonyl (C=O) groups is 1. The van der Waals surface area contributed by atoms with E-state index in [2.05, 4.69) is 34.6 Å². The van der Waals surface area contributed by atoms with Crippen LogP contribution < -0.4 is 0 Å². The topological polar surface area (TPSA) is 17.1 Å². The number of hydrogen-bond donors (Lipinski definition) is 0. The number of aldehydes is 1. The first-order chi connectivity index (χ1) is 10.8. The van der Waals surface area contributed by atoms with Gasteiger partial charge in [-0.2, -0.15) is 0 Å². The summed E-state index contributed by atoms with van der Waals surface area (Å²) in [5.41, 5.74) is 9.58. The highest BCUT2D eigenvalue weighted by Crippen LogP contribution is 2.67. The molecule has 0 heterocycles. The van der Waals surface area contributed by atoms with Crippen molar-refractivity contribution in [3.63, 3.8) is 0 Å². The van der Waals surface area contributed by atoms with Gasteiger partial charge in [0.15, 0.2) is 6.29 Å². The Bertz CT molecular complexity index is 695. The zero-order valence-electron chi connectivity index (χ0n) is 15.1. The SMILES string of the molecule is Cc1c2c(c(C=O)c3c1[C@@H]1C[C@H](C3)C1(C)C)C[C@H]1C[C@@H]2C1(C)C. The van der Waals surface area contributed by atoms with Crippen molar-refractivity contribution in [3.8, 4) is 0 Å². The first-order valence-electron chi connectivity index (χ1n) is 9.41. The Labute approximate surface area is 139 Å². The minimum Gasteiger partial charge on any atom is -0.298 e. The smallest absolute Gasteiger partial charge is 0.150 e. The van der Waals surface area contributed by atoms with Crippen LogP contribution in [0.5, 0.6) is 0 Å². The maximum Gasteiger partial charge on any atom is 0.150 e. The van der Waals surface area contributed by atoms with E-state index in [-0.39, 0.29) is 0 Å². The van der Waals surface area contributed by atoms with Crippen molar-refractivity contribution in [2.45, 2.75) is 72.1 Å². The van der Waals surface area contributed by atoms with E-state index in [0.29, 0.717) is 22.7 Å². The average molecular weight is 308 g/mol. The molecule has 2 fully saturated rings. The molecule has 0 radical (unpaired) electrons. The van der Waals surface area contributed by atoms with Crippen molar-refractivity contribution in [2.75, 3.05) is 0 Å². The number of benzene rings is 1. The highest BCUT2D eigenvalue weighted by Gasteiger charge is 2.57. The van der Waals surface area contributed by atoms with Crippen LogP contribution in [-0.2, 0) is 12.8 Å². The zero-order chi connectivity index (χ0) is 16.3. The summed E-state index contributed by atoms with van der Waals surface area (Å²) in [7, 11) is 0. The molecule has 0 aliphatic heterocycles. The number of rotatable bonds is 1. The predicted molar refractivity (Wildman–Crippen MR) is 93.2 cm³/mol. The van der Waals surface area contributed by atoms with E-state index in [1.165, 1.54) is 30.3 Å². The molecule has 0 spiro atoms. The monoisotopic (exact) mass is 308 g/mol. The zero-order valence-corrected chi connectivity index (χ0v) is 15.1. The van der Waals surface area contributed by atoms with E-state index in [0.717, 1.165) is 30.2 Å². The highest BCUT2D eigenvalue weighted by atomic mass is 16.1. The van der Waals surface area contributed by atoms with E-state index in [4.69, 9.17) is 0 Å². The largest absolute Gasteiger partial charge is 0.298 e. The van der Waals surface area contributed by atoms with Gasteiger partial charge in [-0.3, -0.25) is 4.79 Å². The standard InChI is InChI=1S/C22H28O/c1-11-19-14(6-12-8-17(19)21(12,2)3)16(10-23)15-7-13-9-18(20(11)15)22(13,4)5/h10,12-13,17-18H,6-9H2,1-5H3/t12-,13-,17-,18-/m0/s1. The lowest BCUT2D eigenvalue weighted by molar-refractivity contribution is 0.0103. The molecule has 4 bridgehead atoms.